The number of carboxylic acid groups (broad SMARTS) is 1. The second-order valence-electron chi connectivity index (χ2n) is 6.94. The number of nitrogens with zero attached hydrogens (tertiary/aromatic N) is 3. The van der Waals surface area contributed by atoms with Crippen molar-refractivity contribution in [2.45, 2.75) is 40.2 Å². The van der Waals surface area contributed by atoms with Crippen LogP contribution in [0.2, 0.25) is 0 Å². The fourth-order valence-electron chi connectivity index (χ4n) is 2.46. The molecule has 0 radical (unpaired) electrons. The number of nitrogens with one attached hydrogen (secondary N) is 1. The Morgan fingerprint density at radius 2 is 1.92 bits per heavy atom. The van der Waals surface area contributed by atoms with Gasteiger partial charge in [-0.1, -0.05) is 39.5 Å². The van der Waals surface area contributed by atoms with Gasteiger partial charge < -0.3 is 10.0 Å². The van der Waals surface area contributed by atoms with Gasteiger partial charge in [0.2, 0.25) is 5.78 Å². The molecule has 2 N–H and O–H groups in total. The molecule has 0 aliphatic carbocycles. The van der Waals surface area contributed by atoms with E-state index in [2.05, 4.69) is 10.5 Å². The highest BCUT2D eigenvalue weighted by atomic mass is 32.2. The maximum Gasteiger partial charge on any atom is 0.407 e. The van der Waals surface area contributed by atoms with Gasteiger partial charge in [0, 0.05) is 25.9 Å². The van der Waals surface area contributed by atoms with E-state index >= 15 is 0 Å². The Morgan fingerprint density at radius 1 is 1.28 bits per heavy atom. The minimum absolute atomic E-state index is 0.0467. The second kappa shape index (κ2) is 9.65. The van der Waals surface area contributed by atoms with Gasteiger partial charge in [-0.3, -0.25) is 14.5 Å². The summed E-state index contributed by atoms with van der Waals surface area (Å²) < 4.78 is 0. The van der Waals surface area contributed by atoms with Gasteiger partial charge >= 0.3 is 12.0 Å². The molecule has 0 unspecified atom stereocenters. The molecule has 0 bridgehead atoms. The number of carbonyl (C=O) groups is 3. The smallest absolute Gasteiger partial charge is 0.407 e. The molecule has 142 valence electrons. The number of hydrogen-bond acceptors (Lipinski definition) is 5. The standard InChI is InChI=1S/C16H28N4O4S/c1-10(2)8-12(20(16(23)24)9-11(3)4)13(21)14(22)17-18-15-19(5)6-7-25-15/h10-12H,6-9H2,1-5H3,(H,17,22)(H,23,24)/t12-/m0/s1. The highest BCUT2D eigenvalue weighted by Gasteiger charge is 2.34. The largest absolute Gasteiger partial charge is 0.465 e. The zero-order chi connectivity index (χ0) is 19.1. The van der Waals surface area contributed by atoms with Crippen LogP contribution in [0.3, 0.4) is 0 Å². The van der Waals surface area contributed by atoms with Crippen LogP contribution >= 0.6 is 11.8 Å². The minimum Gasteiger partial charge on any atom is -0.465 e. The van der Waals surface area contributed by atoms with Crippen LogP contribution in [0.1, 0.15) is 34.1 Å². The number of amides is 2. The molecule has 0 aromatic rings. The molecule has 1 saturated heterocycles. The number of thioether (sulfide) groups is 1. The van der Waals surface area contributed by atoms with Gasteiger partial charge in [-0.25, -0.2) is 10.2 Å². The summed E-state index contributed by atoms with van der Waals surface area (Å²) in [6.07, 6.45) is -0.908. The normalized spacial score (nSPS) is 17.2. The third kappa shape index (κ3) is 6.56. The molecular weight excluding hydrogens is 344 g/mol. The summed E-state index contributed by atoms with van der Waals surface area (Å²) >= 11 is 1.49. The highest BCUT2D eigenvalue weighted by molar-refractivity contribution is 8.14. The zero-order valence-electron chi connectivity index (χ0n) is 15.5. The molecule has 1 heterocycles. The predicted molar refractivity (Wildman–Crippen MR) is 98.5 cm³/mol. The van der Waals surface area contributed by atoms with Crippen molar-refractivity contribution in [3.05, 3.63) is 0 Å². The number of rotatable bonds is 8. The monoisotopic (exact) mass is 372 g/mol. The van der Waals surface area contributed by atoms with Crippen molar-refractivity contribution in [1.82, 2.24) is 15.2 Å². The molecule has 0 aromatic heterocycles. The van der Waals surface area contributed by atoms with Crippen molar-refractivity contribution in [3.8, 4) is 0 Å². The van der Waals surface area contributed by atoms with E-state index in [1.807, 2.05) is 39.6 Å². The van der Waals surface area contributed by atoms with Crippen molar-refractivity contribution >= 4 is 34.7 Å². The number of ketones is 1. The molecule has 1 aliphatic rings. The first-order valence-electron chi connectivity index (χ1n) is 8.38. The molecule has 1 fully saturated rings. The Hall–Kier alpha value is -1.77. The molecule has 9 heteroatoms. The van der Waals surface area contributed by atoms with Gasteiger partial charge in [0.05, 0.1) is 0 Å². The molecule has 1 aliphatic heterocycles. The van der Waals surface area contributed by atoms with Crippen molar-refractivity contribution in [3.63, 3.8) is 0 Å². The maximum absolute atomic E-state index is 12.6. The average molecular weight is 372 g/mol. The van der Waals surface area contributed by atoms with E-state index in [1.165, 1.54) is 11.8 Å². The number of hydrogen-bond donors (Lipinski definition) is 2. The highest BCUT2D eigenvalue weighted by Crippen LogP contribution is 2.17. The second-order valence-corrected chi connectivity index (χ2v) is 8.01. The number of hydrazone groups is 1. The van der Waals surface area contributed by atoms with Gasteiger partial charge in [0.1, 0.15) is 6.04 Å². The number of carbonyl (C=O) groups excluding carboxylic acids is 2. The summed E-state index contributed by atoms with van der Waals surface area (Å²) in [5.41, 5.74) is 2.27. The Morgan fingerprint density at radius 3 is 2.36 bits per heavy atom. The maximum atomic E-state index is 12.6. The lowest BCUT2D eigenvalue weighted by Gasteiger charge is -2.30. The first kappa shape index (κ1) is 21.3. The third-order valence-electron chi connectivity index (χ3n) is 3.64. The van der Waals surface area contributed by atoms with Gasteiger partial charge in [-0.2, -0.15) is 0 Å². The van der Waals surface area contributed by atoms with Crippen LogP contribution in [0, 0.1) is 11.8 Å². The van der Waals surface area contributed by atoms with Gasteiger partial charge in [0.15, 0.2) is 5.17 Å². The van der Waals surface area contributed by atoms with E-state index in [4.69, 9.17) is 0 Å². The van der Waals surface area contributed by atoms with E-state index in [9.17, 15) is 19.5 Å². The number of amidine groups is 1. The van der Waals surface area contributed by atoms with Crippen LogP contribution in [0.25, 0.3) is 0 Å². The van der Waals surface area contributed by atoms with E-state index in [1.54, 1.807) is 0 Å². The molecule has 0 aromatic carbocycles. The Kier molecular flexibility index (Phi) is 8.21. The van der Waals surface area contributed by atoms with Crippen LogP contribution in [-0.2, 0) is 9.59 Å². The van der Waals surface area contributed by atoms with Gasteiger partial charge in [-0.05, 0) is 18.3 Å². The molecule has 1 atom stereocenters. The Bertz CT molecular complexity index is 536. The Balaban J connectivity index is 2.90. The SMILES string of the molecule is CC(C)C[C@@H](C(=O)C(=O)NN=C1SCCN1C)N(CC(C)C)C(=O)O. The molecular formula is C16H28N4O4S. The topological polar surface area (TPSA) is 102 Å². The lowest BCUT2D eigenvalue weighted by molar-refractivity contribution is -0.141. The van der Waals surface area contributed by atoms with Gasteiger partial charge in [0.25, 0.3) is 0 Å². The summed E-state index contributed by atoms with van der Waals surface area (Å²) in [5.74, 6) is -0.666. The molecule has 0 spiro atoms. The Labute approximate surface area is 153 Å². The fourth-order valence-corrected chi connectivity index (χ4v) is 3.43. The van der Waals surface area contributed by atoms with Crippen molar-refractivity contribution in [2.24, 2.45) is 16.9 Å². The number of Topliss-reactive ketones (excluding diaryl/α,β-unsaturated/α-hetero) is 1. The van der Waals surface area contributed by atoms with Crippen LogP contribution in [-0.4, -0.2) is 69.8 Å². The summed E-state index contributed by atoms with van der Waals surface area (Å²) in [5, 5.41) is 14.1. The van der Waals surface area contributed by atoms with Crippen molar-refractivity contribution in [1.29, 1.82) is 0 Å². The van der Waals surface area contributed by atoms with E-state index < -0.39 is 23.8 Å². The first-order chi connectivity index (χ1) is 11.6. The lowest BCUT2D eigenvalue weighted by atomic mass is 9.97. The van der Waals surface area contributed by atoms with Crippen molar-refractivity contribution < 1.29 is 19.5 Å². The molecule has 25 heavy (non-hydrogen) atoms. The van der Waals surface area contributed by atoms with Gasteiger partial charge in [-0.15, -0.1) is 5.10 Å². The van der Waals surface area contributed by atoms with Crippen molar-refractivity contribution in [2.75, 3.05) is 25.9 Å². The molecule has 8 nitrogen and oxygen atoms in total. The minimum atomic E-state index is -1.20. The molecule has 2 amide bonds. The average Bonchev–Trinajstić information content (AvgIpc) is 2.92. The molecule has 1 rings (SSSR count). The van der Waals surface area contributed by atoms with E-state index in [0.717, 1.165) is 17.2 Å². The van der Waals surface area contributed by atoms with E-state index in [0.29, 0.717) is 5.17 Å². The zero-order valence-corrected chi connectivity index (χ0v) is 16.3. The lowest BCUT2D eigenvalue weighted by Crippen LogP contribution is -2.51. The fraction of sp³-hybridized carbons (Fsp3) is 0.750. The van der Waals surface area contributed by atoms with E-state index in [-0.39, 0.29) is 24.8 Å². The van der Waals surface area contributed by atoms with Crippen LogP contribution in [0.4, 0.5) is 4.79 Å². The summed E-state index contributed by atoms with van der Waals surface area (Å²) in [6.45, 7) is 8.53. The third-order valence-corrected chi connectivity index (χ3v) is 4.69. The summed E-state index contributed by atoms with van der Waals surface area (Å²) in [4.78, 5) is 39.4. The quantitative estimate of drug-likeness (QED) is 0.496. The van der Waals surface area contributed by atoms with Crippen LogP contribution < -0.4 is 5.43 Å². The predicted octanol–water partition coefficient (Wildman–Crippen LogP) is 1.67. The summed E-state index contributed by atoms with van der Waals surface area (Å²) in [7, 11) is 1.85. The summed E-state index contributed by atoms with van der Waals surface area (Å²) in [6, 6.07) is -1.01. The molecule has 0 saturated carbocycles. The first-order valence-corrected chi connectivity index (χ1v) is 9.37. The van der Waals surface area contributed by atoms with Crippen LogP contribution in [0.5, 0.6) is 0 Å². The van der Waals surface area contributed by atoms with Crippen LogP contribution in [0.15, 0.2) is 5.10 Å².